The van der Waals surface area contributed by atoms with Crippen LogP contribution in [0.3, 0.4) is 0 Å². The van der Waals surface area contributed by atoms with Gasteiger partial charge in [0, 0.05) is 30.1 Å². The van der Waals surface area contributed by atoms with Gasteiger partial charge in [-0.05, 0) is 24.8 Å². The monoisotopic (exact) mass is 407 g/mol. The van der Waals surface area contributed by atoms with E-state index in [1.807, 2.05) is 30.3 Å². The second-order valence-corrected chi connectivity index (χ2v) is 10.2. The van der Waals surface area contributed by atoms with Gasteiger partial charge in [0.15, 0.2) is 5.72 Å². The van der Waals surface area contributed by atoms with E-state index in [0.29, 0.717) is 0 Å². The number of nitrogens with one attached hydrogen (secondary N) is 1. The quantitative estimate of drug-likeness (QED) is 0.758. The molecule has 4 aliphatic heterocycles. The van der Waals surface area contributed by atoms with Crippen LogP contribution in [0.25, 0.3) is 0 Å². The summed E-state index contributed by atoms with van der Waals surface area (Å²) in [5.74, 6) is 0. The molecule has 2 aromatic rings. The largest absolute Gasteiger partial charge is 0.366 e. The van der Waals surface area contributed by atoms with E-state index in [0.717, 1.165) is 75.0 Å². The van der Waals surface area contributed by atoms with E-state index in [9.17, 15) is 10.4 Å². The van der Waals surface area contributed by atoms with Gasteiger partial charge in [-0.3, -0.25) is 14.7 Å². The first kappa shape index (κ1) is 17.9. The molecular formula is C22H25N5OS. The van der Waals surface area contributed by atoms with Crippen molar-refractivity contribution in [2.45, 2.75) is 25.0 Å². The number of fused-ring (bicyclic) bond motifs is 1. The lowest BCUT2D eigenvalue weighted by molar-refractivity contribution is -0.231. The van der Waals surface area contributed by atoms with Crippen LogP contribution in [0.1, 0.15) is 28.0 Å². The summed E-state index contributed by atoms with van der Waals surface area (Å²) >= 11 is 1.66. The molecular weight excluding hydrogens is 382 g/mol. The van der Waals surface area contributed by atoms with Gasteiger partial charge in [0.05, 0.1) is 31.0 Å². The van der Waals surface area contributed by atoms with Crippen LogP contribution in [0.5, 0.6) is 0 Å². The first-order valence-corrected chi connectivity index (χ1v) is 11.2. The number of hydrogen-bond acceptors (Lipinski definition) is 7. The van der Waals surface area contributed by atoms with Crippen molar-refractivity contribution in [1.82, 2.24) is 14.7 Å². The number of hydrogen-bond donors (Lipinski definition) is 2. The smallest absolute Gasteiger partial charge is 0.172 e. The molecule has 6 nitrogen and oxygen atoms in total. The first-order chi connectivity index (χ1) is 14.1. The van der Waals surface area contributed by atoms with Crippen LogP contribution in [0, 0.1) is 16.7 Å². The minimum atomic E-state index is -1.24. The molecule has 2 N–H and O–H groups in total. The molecule has 7 heteroatoms. The van der Waals surface area contributed by atoms with Gasteiger partial charge in [0.1, 0.15) is 11.1 Å². The molecule has 0 spiro atoms. The summed E-state index contributed by atoms with van der Waals surface area (Å²) in [5.41, 5.74) is 1.21. The summed E-state index contributed by atoms with van der Waals surface area (Å²) in [5, 5.41) is 26.7. The highest BCUT2D eigenvalue weighted by Gasteiger charge is 2.60. The van der Waals surface area contributed by atoms with Crippen LogP contribution in [-0.2, 0) is 18.6 Å². The van der Waals surface area contributed by atoms with Crippen LogP contribution in [-0.4, -0.2) is 59.4 Å². The highest BCUT2D eigenvalue weighted by Crippen LogP contribution is 2.50. The van der Waals surface area contributed by atoms with Gasteiger partial charge < -0.3 is 10.4 Å². The third kappa shape index (κ3) is 2.54. The minimum absolute atomic E-state index is 0.357. The molecule has 4 saturated heterocycles. The number of thiophene rings is 1. The van der Waals surface area contributed by atoms with Crippen molar-refractivity contribution >= 4 is 16.3 Å². The average Bonchev–Trinajstić information content (AvgIpc) is 3.28. The number of benzene rings is 1. The van der Waals surface area contributed by atoms with Gasteiger partial charge in [0.25, 0.3) is 0 Å². The second kappa shape index (κ2) is 6.27. The molecule has 1 atom stereocenters. The van der Waals surface area contributed by atoms with Crippen molar-refractivity contribution in [3.05, 3.63) is 51.9 Å². The molecule has 1 aromatic carbocycles. The lowest BCUT2D eigenvalue weighted by Gasteiger charge is -2.64. The minimum Gasteiger partial charge on any atom is -0.366 e. The highest BCUT2D eigenvalue weighted by atomic mass is 32.1. The van der Waals surface area contributed by atoms with Crippen molar-refractivity contribution in [2.24, 2.45) is 5.41 Å². The lowest BCUT2D eigenvalue weighted by Crippen LogP contribution is -2.78. The van der Waals surface area contributed by atoms with Crippen molar-refractivity contribution in [1.29, 1.82) is 5.26 Å². The third-order valence-electron chi connectivity index (χ3n) is 7.07. The Kier molecular flexibility index (Phi) is 3.87. The maximum absolute atomic E-state index is 12.4. The molecule has 1 aliphatic carbocycles. The predicted octanol–water partition coefficient (Wildman–Crippen LogP) is 2.17. The SMILES string of the molecule is N#Cc1c(N[C@](O)(c2ccccc2)C23CN4CN(CN(C4)C2)C3)sc2c1CCC2. The van der Waals surface area contributed by atoms with Crippen LogP contribution in [0.15, 0.2) is 30.3 Å². The average molecular weight is 408 g/mol. The Hall–Kier alpha value is -1.95. The summed E-state index contributed by atoms with van der Waals surface area (Å²) in [4.78, 5) is 8.57. The third-order valence-corrected chi connectivity index (χ3v) is 8.27. The number of nitrogens with zero attached hydrogens (tertiary/aromatic N) is 4. The fraction of sp³-hybridized carbons (Fsp3) is 0.500. The Balaban J connectivity index is 1.47. The zero-order valence-corrected chi connectivity index (χ0v) is 17.2. The van der Waals surface area contributed by atoms with Crippen molar-refractivity contribution in [3.63, 3.8) is 0 Å². The number of aryl methyl sites for hydroxylation is 1. The predicted molar refractivity (Wildman–Crippen MR) is 112 cm³/mol. The number of rotatable bonds is 4. The maximum Gasteiger partial charge on any atom is 0.172 e. The maximum atomic E-state index is 12.4. The van der Waals surface area contributed by atoms with Crippen molar-refractivity contribution in [2.75, 3.05) is 45.0 Å². The Labute approximate surface area is 175 Å². The van der Waals surface area contributed by atoms with Crippen LogP contribution >= 0.6 is 11.3 Å². The summed E-state index contributed by atoms with van der Waals surface area (Å²) < 4.78 is 0. The van der Waals surface area contributed by atoms with Crippen LogP contribution in [0.4, 0.5) is 5.00 Å². The van der Waals surface area contributed by atoms with Crippen molar-refractivity contribution in [3.8, 4) is 6.07 Å². The van der Waals surface area contributed by atoms with E-state index in [1.54, 1.807) is 11.3 Å². The van der Waals surface area contributed by atoms with E-state index in [2.05, 4.69) is 26.1 Å². The number of nitriles is 1. The van der Waals surface area contributed by atoms with E-state index in [1.165, 1.54) is 10.4 Å². The molecule has 4 fully saturated rings. The number of aliphatic hydroxyl groups is 1. The van der Waals surface area contributed by atoms with E-state index >= 15 is 0 Å². The van der Waals surface area contributed by atoms with Gasteiger partial charge in [-0.1, -0.05) is 30.3 Å². The van der Waals surface area contributed by atoms with Crippen molar-refractivity contribution < 1.29 is 5.11 Å². The molecule has 0 radical (unpaired) electrons. The molecule has 5 aliphatic rings. The van der Waals surface area contributed by atoms with Crippen LogP contribution in [0.2, 0.25) is 0 Å². The first-order valence-electron chi connectivity index (χ1n) is 10.4. The Morgan fingerprint density at radius 3 is 2.31 bits per heavy atom. The Morgan fingerprint density at radius 2 is 1.69 bits per heavy atom. The molecule has 0 amide bonds. The Morgan fingerprint density at radius 1 is 1.03 bits per heavy atom. The summed E-state index contributed by atoms with van der Waals surface area (Å²) in [7, 11) is 0. The molecule has 0 saturated carbocycles. The molecule has 7 rings (SSSR count). The van der Waals surface area contributed by atoms with Gasteiger partial charge in [-0.2, -0.15) is 5.26 Å². The fourth-order valence-corrected chi connectivity index (χ4v) is 7.32. The van der Waals surface area contributed by atoms with Gasteiger partial charge >= 0.3 is 0 Å². The molecule has 0 unspecified atom stereocenters. The summed E-state index contributed by atoms with van der Waals surface area (Å²) in [6.07, 6.45) is 3.14. The summed E-state index contributed by atoms with van der Waals surface area (Å²) in [6.45, 7) is 5.47. The standard InChI is InChI=1S/C22H25N5OS/c23-9-18-17-7-4-8-19(17)29-20(18)24-22(28,16-5-2-1-3-6-16)21-10-25-13-26(11-21)15-27(12-21)14-25/h1-3,5-6,24,28H,4,7-8,10-15H2/t22-/m0/s1. The topological polar surface area (TPSA) is 65.8 Å². The van der Waals surface area contributed by atoms with E-state index < -0.39 is 5.72 Å². The Bertz CT molecular complexity index is 961. The highest BCUT2D eigenvalue weighted by molar-refractivity contribution is 7.16. The van der Waals surface area contributed by atoms with Gasteiger partial charge in [-0.15, -0.1) is 11.3 Å². The molecule has 150 valence electrons. The van der Waals surface area contributed by atoms with E-state index in [4.69, 9.17) is 0 Å². The van der Waals surface area contributed by atoms with Crippen LogP contribution < -0.4 is 5.32 Å². The number of anilines is 1. The lowest BCUT2D eigenvalue weighted by atomic mass is 9.69. The fourth-order valence-electron chi connectivity index (χ4n) is 6.03. The van der Waals surface area contributed by atoms with Gasteiger partial charge in [-0.25, -0.2) is 0 Å². The van der Waals surface area contributed by atoms with Gasteiger partial charge in [0.2, 0.25) is 0 Å². The molecule has 29 heavy (non-hydrogen) atoms. The second-order valence-electron chi connectivity index (χ2n) is 9.07. The normalized spacial score (nSPS) is 33.9. The molecule has 1 aromatic heterocycles. The zero-order valence-electron chi connectivity index (χ0n) is 16.4. The molecule has 4 bridgehead atoms. The zero-order chi connectivity index (χ0) is 19.6. The van der Waals surface area contributed by atoms with E-state index in [-0.39, 0.29) is 5.41 Å². The molecule has 5 heterocycles. The summed E-state index contributed by atoms with van der Waals surface area (Å²) in [6, 6.07) is 12.4.